The molecule has 0 spiro atoms. The van der Waals surface area contributed by atoms with E-state index >= 15 is 0 Å². The third kappa shape index (κ3) is 9.69. The van der Waals surface area contributed by atoms with Crippen LogP contribution >= 0.6 is 0 Å². The summed E-state index contributed by atoms with van der Waals surface area (Å²) >= 11 is 0. The average Bonchev–Trinajstić information content (AvgIpc) is 2.53. The Morgan fingerprint density at radius 2 is 2.00 bits per heavy atom. The molecule has 1 unspecified atom stereocenters. The molecule has 0 bridgehead atoms. The van der Waals surface area contributed by atoms with Crippen LogP contribution in [-0.4, -0.2) is 36.0 Å². The molecule has 1 aromatic rings. The summed E-state index contributed by atoms with van der Waals surface area (Å²) in [5.41, 5.74) is 0.879. The van der Waals surface area contributed by atoms with Gasteiger partial charge in [-0.25, -0.2) is 4.98 Å². The Hall–Kier alpha value is -2.11. The molecule has 0 fully saturated rings. The van der Waals surface area contributed by atoms with E-state index in [9.17, 15) is 4.79 Å². The standard InChI is InChI=1S/C19H33N5O/c1-6-20-19(23-16(5)11-10-14(2)3)21-13-12-18(25)24-17-9-7-8-15(4)22-17/h7-9,14,16H,6,10-13H2,1-5H3,(H2,20,21,23)(H,22,24,25). The smallest absolute Gasteiger partial charge is 0.227 e. The summed E-state index contributed by atoms with van der Waals surface area (Å²) in [4.78, 5) is 20.8. The molecular weight excluding hydrogens is 314 g/mol. The van der Waals surface area contributed by atoms with Crippen molar-refractivity contribution in [3.8, 4) is 0 Å². The molecule has 1 aromatic heterocycles. The number of amides is 1. The van der Waals surface area contributed by atoms with Gasteiger partial charge in [0, 0.05) is 24.7 Å². The van der Waals surface area contributed by atoms with Crippen molar-refractivity contribution in [1.29, 1.82) is 0 Å². The molecule has 0 aromatic carbocycles. The molecule has 6 heteroatoms. The fraction of sp³-hybridized carbons (Fsp3) is 0.632. The zero-order valence-corrected chi connectivity index (χ0v) is 16.2. The van der Waals surface area contributed by atoms with Gasteiger partial charge < -0.3 is 16.0 Å². The number of nitrogens with one attached hydrogen (secondary N) is 3. The van der Waals surface area contributed by atoms with Gasteiger partial charge in [0.25, 0.3) is 0 Å². The van der Waals surface area contributed by atoms with Crippen LogP contribution < -0.4 is 16.0 Å². The summed E-state index contributed by atoms with van der Waals surface area (Å²) < 4.78 is 0. The first kappa shape index (κ1) is 20.9. The Labute approximate surface area is 151 Å². The third-order valence-electron chi connectivity index (χ3n) is 3.67. The van der Waals surface area contributed by atoms with E-state index in [0.717, 1.165) is 24.6 Å². The lowest BCUT2D eigenvalue weighted by Gasteiger charge is -2.18. The largest absolute Gasteiger partial charge is 0.357 e. The topological polar surface area (TPSA) is 78.4 Å². The Bertz CT molecular complexity index is 557. The van der Waals surface area contributed by atoms with Crippen LogP contribution in [0.4, 0.5) is 5.82 Å². The summed E-state index contributed by atoms with van der Waals surface area (Å²) in [5.74, 6) is 1.97. The highest BCUT2D eigenvalue weighted by Gasteiger charge is 2.07. The van der Waals surface area contributed by atoms with Crippen LogP contribution in [0.25, 0.3) is 0 Å². The van der Waals surface area contributed by atoms with Crippen molar-refractivity contribution in [1.82, 2.24) is 15.6 Å². The average molecular weight is 348 g/mol. The summed E-state index contributed by atoms with van der Waals surface area (Å²) in [6, 6.07) is 5.91. The van der Waals surface area contributed by atoms with Gasteiger partial charge in [-0.05, 0) is 51.7 Å². The molecule has 0 aliphatic carbocycles. The predicted octanol–water partition coefficient (Wildman–Crippen LogP) is 3.10. The predicted molar refractivity (Wildman–Crippen MR) is 105 cm³/mol. The molecule has 3 N–H and O–H groups in total. The van der Waals surface area contributed by atoms with Gasteiger partial charge >= 0.3 is 0 Å². The molecule has 0 radical (unpaired) electrons. The van der Waals surface area contributed by atoms with E-state index in [0.29, 0.717) is 30.7 Å². The minimum Gasteiger partial charge on any atom is -0.357 e. The minimum atomic E-state index is -0.0782. The molecule has 0 saturated heterocycles. The second-order valence-corrected chi connectivity index (χ2v) is 6.74. The molecule has 25 heavy (non-hydrogen) atoms. The number of aromatic nitrogens is 1. The van der Waals surface area contributed by atoms with Crippen LogP contribution in [-0.2, 0) is 4.79 Å². The van der Waals surface area contributed by atoms with E-state index in [4.69, 9.17) is 0 Å². The van der Waals surface area contributed by atoms with E-state index in [1.54, 1.807) is 6.07 Å². The zero-order valence-electron chi connectivity index (χ0n) is 16.2. The fourth-order valence-corrected chi connectivity index (χ4v) is 2.30. The van der Waals surface area contributed by atoms with E-state index in [1.165, 1.54) is 6.42 Å². The second kappa shape index (κ2) is 11.4. The Balaban J connectivity index is 2.44. The van der Waals surface area contributed by atoms with Crippen molar-refractivity contribution in [3.05, 3.63) is 23.9 Å². The van der Waals surface area contributed by atoms with Gasteiger partial charge in [-0.1, -0.05) is 19.9 Å². The number of aryl methyl sites for hydroxylation is 1. The SMILES string of the molecule is CCNC(=NCCC(=O)Nc1cccc(C)n1)NC(C)CCC(C)C. The number of carbonyl (C=O) groups is 1. The van der Waals surface area contributed by atoms with E-state index in [-0.39, 0.29) is 5.91 Å². The van der Waals surface area contributed by atoms with Gasteiger partial charge in [-0.15, -0.1) is 0 Å². The molecule has 6 nitrogen and oxygen atoms in total. The lowest BCUT2D eigenvalue weighted by atomic mass is 10.0. The third-order valence-corrected chi connectivity index (χ3v) is 3.67. The van der Waals surface area contributed by atoms with Crippen LogP contribution in [0.2, 0.25) is 0 Å². The number of guanidine groups is 1. The number of carbonyl (C=O) groups excluding carboxylic acids is 1. The van der Waals surface area contributed by atoms with E-state index in [2.05, 4.69) is 46.7 Å². The first-order valence-electron chi connectivity index (χ1n) is 9.19. The number of hydrogen-bond donors (Lipinski definition) is 3. The molecular formula is C19H33N5O. The summed E-state index contributed by atoms with van der Waals surface area (Å²) in [7, 11) is 0. The number of aliphatic imine (C=N–C) groups is 1. The normalized spacial score (nSPS) is 12.8. The fourth-order valence-electron chi connectivity index (χ4n) is 2.30. The van der Waals surface area contributed by atoms with Crippen LogP contribution in [0, 0.1) is 12.8 Å². The number of pyridine rings is 1. The van der Waals surface area contributed by atoms with Gasteiger partial charge in [0.05, 0.1) is 6.54 Å². The van der Waals surface area contributed by atoms with Gasteiger partial charge in [-0.2, -0.15) is 0 Å². The number of rotatable bonds is 9. The maximum absolute atomic E-state index is 12.0. The van der Waals surface area contributed by atoms with Gasteiger partial charge in [0.2, 0.25) is 5.91 Å². The van der Waals surface area contributed by atoms with E-state index < -0.39 is 0 Å². The monoisotopic (exact) mass is 347 g/mol. The van der Waals surface area contributed by atoms with Crippen molar-refractivity contribution in [2.24, 2.45) is 10.9 Å². The molecule has 1 amide bonds. The number of anilines is 1. The number of nitrogens with zero attached hydrogens (tertiary/aromatic N) is 2. The van der Waals surface area contributed by atoms with Gasteiger partial charge in [0.1, 0.15) is 5.82 Å². The maximum Gasteiger partial charge on any atom is 0.227 e. The highest BCUT2D eigenvalue weighted by Crippen LogP contribution is 2.06. The van der Waals surface area contributed by atoms with Crippen LogP contribution in [0.15, 0.2) is 23.2 Å². The summed E-state index contributed by atoms with van der Waals surface area (Å²) in [5, 5.41) is 9.43. The molecule has 0 aliphatic heterocycles. The van der Waals surface area contributed by atoms with Crippen molar-refractivity contribution in [2.75, 3.05) is 18.4 Å². The molecule has 0 aliphatic rings. The Morgan fingerprint density at radius 3 is 2.64 bits per heavy atom. The highest BCUT2D eigenvalue weighted by atomic mass is 16.1. The molecule has 1 atom stereocenters. The van der Waals surface area contributed by atoms with Crippen molar-refractivity contribution in [3.63, 3.8) is 0 Å². The quantitative estimate of drug-likeness (QED) is 0.474. The maximum atomic E-state index is 12.0. The Morgan fingerprint density at radius 1 is 1.24 bits per heavy atom. The van der Waals surface area contributed by atoms with Crippen molar-refractivity contribution >= 4 is 17.7 Å². The van der Waals surface area contributed by atoms with Crippen LogP contribution in [0.3, 0.4) is 0 Å². The molecule has 0 saturated carbocycles. The van der Waals surface area contributed by atoms with Crippen LogP contribution in [0.1, 0.15) is 52.7 Å². The first-order chi connectivity index (χ1) is 11.9. The van der Waals surface area contributed by atoms with Crippen molar-refractivity contribution in [2.45, 2.75) is 59.9 Å². The van der Waals surface area contributed by atoms with Crippen molar-refractivity contribution < 1.29 is 4.79 Å². The summed E-state index contributed by atoms with van der Waals surface area (Å²) in [6.07, 6.45) is 2.60. The minimum absolute atomic E-state index is 0.0782. The Kier molecular flexibility index (Phi) is 9.58. The highest BCUT2D eigenvalue weighted by molar-refractivity contribution is 5.90. The van der Waals surface area contributed by atoms with Gasteiger partial charge in [-0.3, -0.25) is 9.79 Å². The first-order valence-corrected chi connectivity index (χ1v) is 9.19. The summed E-state index contributed by atoms with van der Waals surface area (Å²) in [6.45, 7) is 11.8. The van der Waals surface area contributed by atoms with E-state index in [1.807, 2.05) is 26.0 Å². The molecule has 140 valence electrons. The zero-order chi connectivity index (χ0) is 18.7. The molecule has 1 rings (SSSR count). The second-order valence-electron chi connectivity index (χ2n) is 6.74. The lowest BCUT2D eigenvalue weighted by Crippen LogP contribution is -2.42. The molecule has 1 heterocycles. The number of hydrogen-bond acceptors (Lipinski definition) is 3. The lowest BCUT2D eigenvalue weighted by molar-refractivity contribution is -0.116. The van der Waals surface area contributed by atoms with Crippen LogP contribution in [0.5, 0.6) is 0 Å². The van der Waals surface area contributed by atoms with Gasteiger partial charge in [0.15, 0.2) is 5.96 Å².